The highest BCUT2D eigenvalue weighted by Crippen LogP contribution is 2.31. The second-order valence-corrected chi connectivity index (χ2v) is 8.19. The summed E-state index contributed by atoms with van der Waals surface area (Å²) >= 11 is 0. The molecule has 0 saturated heterocycles. The number of nitrogens with zero attached hydrogens (tertiary/aromatic N) is 1. The summed E-state index contributed by atoms with van der Waals surface area (Å²) < 4.78 is 25.1. The first-order chi connectivity index (χ1) is 15.5. The molecule has 1 aliphatic carbocycles. The molecule has 32 heavy (non-hydrogen) atoms. The minimum absolute atomic E-state index is 0.211. The Labute approximate surface area is 187 Å². The molecule has 5 nitrogen and oxygen atoms in total. The minimum atomic E-state index is -0.310. The van der Waals surface area contributed by atoms with Gasteiger partial charge in [-0.15, -0.1) is 0 Å². The van der Waals surface area contributed by atoms with Crippen LogP contribution in [0.1, 0.15) is 39.9 Å². The second-order valence-electron chi connectivity index (χ2n) is 8.19. The fraction of sp³-hybridized carbons (Fsp3) is 0.308. The molecule has 0 radical (unpaired) electrons. The Hall–Kier alpha value is -3.25. The van der Waals surface area contributed by atoms with Crippen LogP contribution in [0.5, 0.6) is 5.88 Å². The van der Waals surface area contributed by atoms with Crippen molar-refractivity contribution >= 4 is 5.91 Å². The summed E-state index contributed by atoms with van der Waals surface area (Å²) in [4.78, 5) is 17.6. The zero-order valence-corrected chi connectivity index (χ0v) is 18.4. The van der Waals surface area contributed by atoms with Crippen LogP contribution < -0.4 is 10.1 Å². The number of carbonyl (C=O) groups is 1. The molecule has 6 heteroatoms. The fourth-order valence-electron chi connectivity index (χ4n) is 3.47. The first-order valence-corrected chi connectivity index (χ1v) is 10.8. The first-order valence-electron chi connectivity index (χ1n) is 10.8. The quantitative estimate of drug-likeness (QED) is 0.511. The van der Waals surface area contributed by atoms with Crippen molar-refractivity contribution in [2.24, 2.45) is 5.92 Å². The van der Waals surface area contributed by atoms with E-state index < -0.39 is 0 Å². The van der Waals surface area contributed by atoms with Gasteiger partial charge in [0.2, 0.25) is 5.88 Å². The molecule has 1 N–H and O–H groups in total. The Morgan fingerprint density at radius 3 is 2.75 bits per heavy atom. The van der Waals surface area contributed by atoms with Crippen molar-refractivity contribution in [3.05, 3.63) is 82.8 Å². The SMILES string of the molecule is COCc1ccccc1-c1cnc(OCC2CC2)c(C(=O)NCc2ccc(C)c(F)c2)c1. The van der Waals surface area contributed by atoms with Gasteiger partial charge in [0.25, 0.3) is 5.91 Å². The first kappa shape index (κ1) is 22.0. The monoisotopic (exact) mass is 434 g/mol. The van der Waals surface area contributed by atoms with Gasteiger partial charge in [0, 0.05) is 25.4 Å². The Morgan fingerprint density at radius 2 is 2.00 bits per heavy atom. The van der Waals surface area contributed by atoms with Crippen molar-refractivity contribution < 1.29 is 18.7 Å². The van der Waals surface area contributed by atoms with Gasteiger partial charge in [0.15, 0.2) is 0 Å². The number of pyridine rings is 1. The third kappa shape index (κ3) is 5.32. The maximum absolute atomic E-state index is 13.9. The molecule has 0 spiro atoms. The largest absolute Gasteiger partial charge is 0.477 e. The summed E-state index contributed by atoms with van der Waals surface area (Å²) in [5.41, 5.74) is 4.39. The molecule has 1 fully saturated rings. The van der Waals surface area contributed by atoms with E-state index in [1.165, 1.54) is 6.07 Å². The number of hydrogen-bond acceptors (Lipinski definition) is 4. The van der Waals surface area contributed by atoms with Crippen molar-refractivity contribution in [2.75, 3.05) is 13.7 Å². The normalized spacial score (nSPS) is 13.1. The highest BCUT2D eigenvalue weighted by atomic mass is 19.1. The smallest absolute Gasteiger partial charge is 0.257 e. The average molecular weight is 435 g/mol. The second kappa shape index (κ2) is 9.92. The Balaban J connectivity index is 1.60. The number of nitrogens with one attached hydrogen (secondary N) is 1. The van der Waals surface area contributed by atoms with Crippen LogP contribution in [0.2, 0.25) is 0 Å². The topological polar surface area (TPSA) is 60.5 Å². The molecule has 0 atom stereocenters. The predicted molar refractivity (Wildman–Crippen MR) is 121 cm³/mol. The number of halogens is 1. The van der Waals surface area contributed by atoms with Gasteiger partial charge < -0.3 is 14.8 Å². The van der Waals surface area contributed by atoms with Crippen LogP contribution in [-0.4, -0.2) is 24.6 Å². The maximum Gasteiger partial charge on any atom is 0.257 e. The number of ether oxygens (including phenoxy) is 2. The van der Waals surface area contributed by atoms with Crippen molar-refractivity contribution in [2.45, 2.75) is 32.9 Å². The molecule has 0 unspecified atom stereocenters. The van der Waals surface area contributed by atoms with Crippen LogP contribution >= 0.6 is 0 Å². The summed E-state index contributed by atoms with van der Waals surface area (Å²) in [5.74, 6) is 0.252. The lowest BCUT2D eigenvalue weighted by Gasteiger charge is -2.14. The number of methoxy groups -OCH3 is 1. The van der Waals surface area contributed by atoms with Gasteiger partial charge in [0.05, 0.1) is 13.2 Å². The Kier molecular flexibility index (Phi) is 6.81. The number of amides is 1. The van der Waals surface area contributed by atoms with Crippen LogP contribution in [0, 0.1) is 18.7 Å². The van der Waals surface area contributed by atoms with E-state index in [2.05, 4.69) is 10.3 Å². The van der Waals surface area contributed by atoms with Gasteiger partial charge in [-0.2, -0.15) is 0 Å². The molecular formula is C26H27FN2O3. The average Bonchev–Trinajstić information content (AvgIpc) is 3.63. The number of hydrogen-bond donors (Lipinski definition) is 1. The van der Waals surface area contributed by atoms with E-state index in [-0.39, 0.29) is 18.3 Å². The van der Waals surface area contributed by atoms with E-state index in [1.807, 2.05) is 24.3 Å². The molecule has 1 amide bonds. The standard InChI is InChI=1S/C26H27FN2O3/c1-17-7-8-19(11-24(17)27)13-28-25(30)23-12-21(14-29-26(23)32-15-18-9-10-18)22-6-4-3-5-20(22)16-31-2/h3-8,11-12,14,18H,9-10,13,15-16H2,1-2H3,(H,28,30). The van der Waals surface area contributed by atoms with Crippen molar-refractivity contribution in [3.63, 3.8) is 0 Å². The molecule has 0 aliphatic heterocycles. The van der Waals surface area contributed by atoms with E-state index in [9.17, 15) is 9.18 Å². The summed E-state index contributed by atoms with van der Waals surface area (Å²) in [6.07, 6.45) is 4.01. The van der Waals surface area contributed by atoms with Gasteiger partial charge in [0.1, 0.15) is 11.4 Å². The number of benzene rings is 2. The van der Waals surface area contributed by atoms with E-state index in [1.54, 1.807) is 38.4 Å². The fourth-order valence-corrected chi connectivity index (χ4v) is 3.47. The molecule has 3 aromatic rings. The zero-order valence-electron chi connectivity index (χ0n) is 18.4. The van der Waals surface area contributed by atoms with Gasteiger partial charge in [-0.25, -0.2) is 9.37 Å². The Bertz CT molecular complexity index is 1110. The van der Waals surface area contributed by atoms with Crippen LogP contribution in [0.15, 0.2) is 54.7 Å². The minimum Gasteiger partial charge on any atom is -0.477 e. The van der Waals surface area contributed by atoms with Crippen LogP contribution in [0.3, 0.4) is 0 Å². The zero-order chi connectivity index (χ0) is 22.5. The van der Waals surface area contributed by atoms with Crippen molar-refractivity contribution in [3.8, 4) is 17.0 Å². The molecule has 2 aromatic carbocycles. The van der Waals surface area contributed by atoms with Gasteiger partial charge >= 0.3 is 0 Å². The summed E-state index contributed by atoms with van der Waals surface area (Å²) in [6, 6.07) is 14.6. The lowest BCUT2D eigenvalue weighted by Crippen LogP contribution is -2.24. The van der Waals surface area contributed by atoms with Gasteiger partial charge in [-0.1, -0.05) is 36.4 Å². The summed E-state index contributed by atoms with van der Waals surface area (Å²) in [7, 11) is 1.65. The van der Waals surface area contributed by atoms with Gasteiger partial charge in [-0.05, 0) is 60.1 Å². The maximum atomic E-state index is 13.9. The summed E-state index contributed by atoms with van der Waals surface area (Å²) in [5, 5.41) is 2.87. The third-order valence-electron chi connectivity index (χ3n) is 5.57. The lowest BCUT2D eigenvalue weighted by molar-refractivity contribution is 0.0945. The predicted octanol–water partition coefficient (Wildman–Crippen LogP) is 5.06. The molecule has 0 bridgehead atoms. The van der Waals surface area contributed by atoms with Crippen LogP contribution in [0.4, 0.5) is 4.39 Å². The third-order valence-corrected chi connectivity index (χ3v) is 5.57. The van der Waals surface area contributed by atoms with E-state index >= 15 is 0 Å². The van der Waals surface area contributed by atoms with Crippen molar-refractivity contribution in [1.82, 2.24) is 10.3 Å². The van der Waals surface area contributed by atoms with Crippen molar-refractivity contribution in [1.29, 1.82) is 0 Å². The van der Waals surface area contributed by atoms with E-state index in [0.29, 0.717) is 41.7 Å². The number of aromatic nitrogens is 1. The van der Waals surface area contributed by atoms with Crippen LogP contribution in [0.25, 0.3) is 11.1 Å². The molecule has 166 valence electrons. The van der Waals surface area contributed by atoms with Gasteiger partial charge in [-0.3, -0.25) is 4.79 Å². The molecule has 1 aromatic heterocycles. The lowest BCUT2D eigenvalue weighted by atomic mass is 10.00. The number of carbonyl (C=O) groups excluding carboxylic acids is 1. The number of aryl methyl sites for hydroxylation is 1. The number of rotatable bonds is 9. The molecule has 4 rings (SSSR count). The Morgan fingerprint density at radius 1 is 1.19 bits per heavy atom. The molecule has 1 heterocycles. The molecule has 1 aliphatic rings. The molecular weight excluding hydrogens is 407 g/mol. The van der Waals surface area contributed by atoms with Crippen LogP contribution in [-0.2, 0) is 17.9 Å². The van der Waals surface area contributed by atoms with E-state index in [0.717, 1.165) is 29.5 Å². The highest BCUT2D eigenvalue weighted by molar-refractivity contribution is 5.97. The highest BCUT2D eigenvalue weighted by Gasteiger charge is 2.24. The summed E-state index contributed by atoms with van der Waals surface area (Å²) in [6.45, 7) is 2.93. The van der Waals surface area contributed by atoms with E-state index in [4.69, 9.17) is 9.47 Å². The molecule has 1 saturated carbocycles.